The Morgan fingerprint density at radius 1 is 0.653 bits per heavy atom. The van der Waals surface area contributed by atoms with Crippen LogP contribution in [0, 0.1) is 31.9 Å². The zero-order valence-corrected chi connectivity index (χ0v) is 26.1. The molecule has 4 aromatic rings. The number of nitro benzene ring substituents is 2. The second kappa shape index (κ2) is 13.9. The largest absolute Gasteiger partial charge is 0.486 e. The van der Waals surface area contributed by atoms with Crippen molar-refractivity contribution < 1.29 is 59.2 Å². The van der Waals surface area contributed by atoms with Crippen LogP contribution in [-0.4, -0.2) is 23.1 Å². The second-order valence-corrected chi connectivity index (χ2v) is 10.5. The molecular weight excluding hydrogens is 723 g/mol. The Morgan fingerprint density at radius 2 is 1.00 bits per heavy atom. The van der Waals surface area contributed by atoms with E-state index < -0.39 is 112 Å². The van der Waals surface area contributed by atoms with Crippen LogP contribution in [-0.2, 0) is 12.4 Å². The van der Waals surface area contributed by atoms with Gasteiger partial charge in [-0.05, 0) is 61.4 Å². The van der Waals surface area contributed by atoms with Gasteiger partial charge in [0.1, 0.15) is 21.7 Å². The maximum atomic E-state index is 14.6. The van der Waals surface area contributed by atoms with E-state index in [-0.39, 0.29) is 13.2 Å². The molecule has 4 rings (SSSR count). The lowest BCUT2D eigenvalue weighted by molar-refractivity contribution is -0.385. The first kappa shape index (κ1) is 36.9. The smallest absolute Gasteiger partial charge is 0.419 e. The van der Waals surface area contributed by atoms with Gasteiger partial charge in [0, 0.05) is 0 Å². The van der Waals surface area contributed by atoms with E-state index in [1.165, 1.54) is 13.8 Å². The van der Waals surface area contributed by atoms with Crippen molar-refractivity contribution in [3.63, 3.8) is 0 Å². The van der Waals surface area contributed by atoms with E-state index >= 15 is 0 Å². The Morgan fingerprint density at radius 3 is 1.27 bits per heavy atom. The highest BCUT2D eigenvalue weighted by Gasteiger charge is 2.37. The summed E-state index contributed by atoms with van der Waals surface area (Å²) in [5.74, 6) is -6.02. The van der Waals surface area contributed by atoms with E-state index in [0.29, 0.717) is 24.3 Å². The number of hydrogen-bond acceptors (Lipinski definition) is 7. The molecule has 19 heteroatoms. The van der Waals surface area contributed by atoms with Crippen molar-refractivity contribution in [3.8, 4) is 45.3 Å². The molecule has 0 N–H and O–H groups in total. The molecule has 0 aromatic heterocycles. The summed E-state index contributed by atoms with van der Waals surface area (Å²) in [6.45, 7) is 2.31. The van der Waals surface area contributed by atoms with Gasteiger partial charge in [-0.2, -0.15) is 26.3 Å². The fraction of sp³-hybridized carbons (Fsp3) is 0.200. The third-order valence-corrected chi connectivity index (χ3v) is 7.37. The van der Waals surface area contributed by atoms with Crippen LogP contribution in [0.3, 0.4) is 0 Å². The van der Waals surface area contributed by atoms with Gasteiger partial charge in [0.2, 0.25) is 11.5 Å². The van der Waals surface area contributed by atoms with E-state index in [9.17, 15) is 55.4 Å². The van der Waals surface area contributed by atoms with Gasteiger partial charge in [0.25, 0.3) is 0 Å². The third kappa shape index (κ3) is 7.41. The maximum absolute atomic E-state index is 14.6. The molecule has 0 aliphatic rings. The zero-order valence-electron chi connectivity index (χ0n) is 24.6. The predicted molar refractivity (Wildman–Crippen MR) is 159 cm³/mol. The molecule has 0 radical (unpaired) electrons. The van der Waals surface area contributed by atoms with Gasteiger partial charge in [0.15, 0.2) is 11.5 Å². The Kier molecular flexibility index (Phi) is 10.5. The minimum atomic E-state index is -5.10. The first-order chi connectivity index (χ1) is 22.8. The number of benzene rings is 4. The summed E-state index contributed by atoms with van der Waals surface area (Å²) in [4.78, 5) is 22.3. The highest BCUT2D eigenvalue weighted by molar-refractivity contribution is 6.35. The molecule has 9 nitrogen and oxygen atoms in total. The van der Waals surface area contributed by atoms with E-state index in [4.69, 9.17) is 37.4 Å². The van der Waals surface area contributed by atoms with Crippen LogP contribution < -0.4 is 14.2 Å². The SMILES string of the molecule is CCOc1c(Cl)c(Oc2cc(-c3ccc(C(F)(F)F)c(F)c3)c([N+](=O)[O-])c(OCC)c2Cl)cc(-c2ccc(C(F)(F)F)c(F)c2)c1[N+](=O)[O-]. The standard InChI is InChI=1S/C30H18Cl2F8N2O7/c1-3-47-27-23(31)21(11-15(25(27)41(43)44)13-5-7-17(19(33)9-13)29(35,36)37)49-22-12-16(26(42(45)46)28(24(22)32)48-4-2)14-6-8-18(20(34)10-14)30(38,39)40/h5-12H,3-4H2,1-2H3. The van der Waals surface area contributed by atoms with Crippen molar-refractivity contribution in [1.29, 1.82) is 0 Å². The Balaban J connectivity index is 2.02. The lowest BCUT2D eigenvalue weighted by Crippen LogP contribution is -2.08. The zero-order chi connectivity index (χ0) is 36.6. The minimum absolute atomic E-state index is 0.249. The van der Waals surface area contributed by atoms with Gasteiger partial charge in [-0.25, -0.2) is 8.78 Å². The molecule has 0 bridgehead atoms. The average molecular weight is 741 g/mol. The monoisotopic (exact) mass is 740 g/mol. The number of nitro groups is 2. The highest BCUT2D eigenvalue weighted by atomic mass is 35.5. The fourth-order valence-electron chi connectivity index (χ4n) is 4.65. The molecule has 0 fully saturated rings. The summed E-state index contributed by atoms with van der Waals surface area (Å²) < 4.78 is 125. The van der Waals surface area contributed by atoms with Gasteiger partial charge in [-0.1, -0.05) is 35.3 Å². The van der Waals surface area contributed by atoms with Gasteiger partial charge in [0.05, 0.1) is 45.3 Å². The summed E-state index contributed by atoms with van der Waals surface area (Å²) in [6.07, 6.45) is -10.2. The number of ether oxygens (including phenoxy) is 3. The number of hydrogen-bond donors (Lipinski definition) is 0. The normalized spacial score (nSPS) is 11.8. The van der Waals surface area contributed by atoms with E-state index in [2.05, 4.69) is 0 Å². The second-order valence-electron chi connectivity index (χ2n) is 9.70. The van der Waals surface area contributed by atoms with Crippen LogP contribution in [0.5, 0.6) is 23.0 Å². The molecule has 0 atom stereocenters. The summed E-state index contributed by atoms with van der Waals surface area (Å²) in [5, 5.41) is 23.1. The van der Waals surface area contributed by atoms with Crippen molar-refractivity contribution in [2.45, 2.75) is 26.2 Å². The third-order valence-electron chi connectivity index (χ3n) is 6.66. The topological polar surface area (TPSA) is 114 Å². The molecule has 0 heterocycles. The summed E-state index contributed by atoms with van der Waals surface area (Å²) in [7, 11) is 0. The molecular formula is C30H18Cl2F8N2O7. The first-order valence-corrected chi connectivity index (χ1v) is 14.3. The van der Waals surface area contributed by atoms with Crippen molar-refractivity contribution in [3.05, 3.63) is 102 Å². The lowest BCUT2D eigenvalue weighted by Gasteiger charge is -2.18. The molecule has 0 saturated heterocycles. The lowest BCUT2D eigenvalue weighted by atomic mass is 9.99. The van der Waals surface area contributed by atoms with Crippen LogP contribution in [0.25, 0.3) is 22.3 Å². The van der Waals surface area contributed by atoms with Crippen LogP contribution in [0.15, 0.2) is 48.5 Å². The van der Waals surface area contributed by atoms with E-state index in [0.717, 1.165) is 24.3 Å². The number of alkyl halides is 6. The quantitative estimate of drug-likeness (QED) is 0.0903. The Labute approximate surface area is 279 Å². The molecule has 0 spiro atoms. The summed E-state index contributed by atoms with van der Waals surface area (Å²) in [6, 6.07) is 4.60. The minimum Gasteiger partial charge on any atom is -0.486 e. The molecule has 0 unspecified atom stereocenters. The van der Waals surface area contributed by atoms with Crippen molar-refractivity contribution >= 4 is 34.6 Å². The van der Waals surface area contributed by atoms with Crippen molar-refractivity contribution in [1.82, 2.24) is 0 Å². The maximum Gasteiger partial charge on any atom is 0.419 e. The van der Waals surface area contributed by atoms with Crippen LogP contribution >= 0.6 is 23.2 Å². The van der Waals surface area contributed by atoms with Gasteiger partial charge >= 0.3 is 23.7 Å². The molecule has 4 aromatic carbocycles. The molecule has 0 amide bonds. The van der Waals surface area contributed by atoms with Crippen LogP contribution in [0.4, 0.5) is 46.5 Å². The van der Waals surface area contributed by atoms with Crippen LogP contribution in [0.2, 0.25) is 10.0 Å². The van der Waals surface area contributed by atoms with Crippen LogP contribution in [0.1, 0.15) is 25.0 Å². The van der Waals surface area contributed by atoms with E-state index in [1.807, 2.05) is 0 Å². The van der Waals surface area contributed by atoms with Gasteiger partial charge in [-0.3, -0.25) is 20.2 Å². The number of nitrogens with zero attached hydrogens (tertiary/aromatic N) is 2. The Bertz CT molecular complexity index is 1830. The van der Waals surface area contributed by atoms with Gasteiger partial charge in [-0.15, -0.1) is 0 Å². The van der Waals surface area contributed by atoms with Crippen molar-refractivity contribution in [2.24, 2.45) is 0 Å². The first-order valence-electron chi connectivity index (χ1n) is 13.5. The summed E-state index contributed by atoms with van der Waals surface area (Å²) in [5.41, 5.74) is -7.13. The number of rotatable bonds is 10. The molecule has 0 aliphatic heterocycles. The highest BCUT2D eigenvalue weighted by Crippen LogP contribution is 2.53. The number of halogens is 10. The van der Waals surface area contributed by atoms with Gasteiger partial charge < -0.3 is 14.2 Å². The Hall–Kier alpha value is -4.90. The van der Waals surface area contributed by atoms with Crippen molar-refractivity contribution in [2.75, 3.05) is 13.2 Å². The predicted octanol–water partition coefficient (Wildman–Crippen LogP) is 11.0. The van der Waals surface area contributed by atoms with E-state index in [1.54, 1.807) is 0 Å². The summed E-state index contributed by atoms with van der Waals surface area (Å²) >= 11 is 12.8. The average Bonchev–Trinajstić information content (AvgIpc) is 2.99. The molecule has 49 heavy (non-hydrogen) atoms. The molecule has 0 aliphatic carbocycles. The molecule has 0 saturated carbocycles. The molecule has 260 valence electrons. The fourth-order valence-corrected chi connectivity index (χ4v) is 5.12.